The minimum absolute atomic E-state index is 1.01. The van der Waals surface area contributed by atoms with Crippen molar-refractivity contribution in [2.45, 2.75) is 77.3 Å². The highest BCUT2D eigenvalue weighted by Gasteiger charge is 2.24. The number of hydrogen-bond acceptors (Lipinski definition) is 0. The number of hydrogen-bond donors (Lipinski definition) is 0. The fourth-order valence-electron chi connectivity index (χ4n) is 1.72. The molecular formula is C12H26BrISi. The fourth-order valence-corrected chi connectivity index (χ4v) is 7.58. The van der Waals surface area contributed by atoms with Gasteiger partial charge >= 0.3 is 0 Å². The van der Waals surface area contributed by atoms with E-state index in [-0.39, 0.29) is 0 Å². The standard InChI is InChI=1S/C12H26BrISi/c1-3-5-7-8-9-10-12-15(13,14)11-6-4-2/h3-12H2,1-2H3. The molecule has 0 saturated heterocycles. The molecule has 15 heavy (non-hydrogen) atoms. The number of unbranched alkanes of at least 4 members (excludes halogenated alkanes) is 6. The minimum atomic E-state index is -1.01. The molecule has 0 fully saturated rings. The van der Waals surface area contributed by atoms with Crippen molar-refractivity contribution in [3.63, 3.8) is 0 Å². The Bertz CT molecular complexity index is 140. The van der Waals surface area contributed by atoms with Crippen LogP contribution in [0.1, 0.15) is 65.2 Å². The molecule has 0 N–H and O–H groups in total. The Balaban J connectivity index is 3.32. The molecule has 0 heterocycles. The van der Waals surface area contributed by atoms with Gasteiger partial charge in [-0.15, -0.1) is 37.1 Å². The van der Waals surface area contributed by atoms with Crippen molar-refractivity contribution in [1.82, 2.24) is 0 Å². The predicted octanol–water partition coefficient (Wildman–Crippen LogP) is 6.42. The zero-order chi connectivity index (χ0) is 11.6. The molecule has 0 aliphatic carbocycles. The first-order chi connectivity index (χ1) is 7.12. The molecule has 0 saturated carbocycles. The lowest BCUT2D eigenvalue weighted by molar-refractivity contribution is 0.623. The van der Waals surface area contributed by atoms with Crippen molar-refractivity contribution in [3.8, 4) is 0 Å². The van der Waals surface area contributed by atoms with Crippen molar-refractivity contribution in [2.24, 2.45) is 0 Å². The van der Waals surface area contributed by atoms with Gasteiger partial charge in [0.15, 0.2) is 4.19 Å². The smallest absolute Gasteiger partial charge is 0.112 e. The summed E-state index contributed by atoms with van der Waals surface area (Å²) in [4.78, 5) is 0. The van der Waals surface area contributed by atoms with Crippen molar-refractivity contribution < 1.29 is 0 Å². The van der Waals surface area contributed by atoms with E-state index in [0.717, 1.165) is 0 Å². The SMILES string of the molecule is CCCCCCCC[Si](Br)(I)CCCC. The molecule has 0 spiro atoms. The van der Waals surface area contributed by atoms with Gasteiger partial charge in [-0.25, -0.2) is 0 Å². The third-order valence-electron chi connectivity index (χ3n) is 2.79. The molecule has 0 rings (SSSR count). The maximum atomic E-state index is 3.99. The highest BCUT2D eigenvalue weighted by molar-refractivity contribution is 14.1. The molecule has 92 valence electrons. The summed E-state index contributed by atoms with van der Waals surface area (Å²) in [5, 5.41) is 0. The Kier molecular flexibility index (Phi) is 11.6. The second-order valence-electron chi connectivity index (χ2n) is 4.48. The normalized spacial score (nSPS) is 15.2. The van der Waals surface area contributed by atoms with Crippen molar-refractivity contribution in [1.29, 1.82) is 0 Å². The molecule has 1 atom stereocenters. The molecule has 0 aliphatic heterocycles. The quantitative estimate of drug-likeness (QED) is 0.170. The molecule has 0 aliphatic rings. The average Bonchev–Trinajstić information content (AvgIpc) is 2.20. The van der Waals surface area contributed by atoms with Crippen LogP contribution in [0.15, 0.2) is 0 Å². The molecule has 0 nitrogen and oxygen atoms in total. The first kappa shape index (κ1) is 16.4. The van der Waals surface area contributed by atoms with Crippen LogP contribution in [0.25, 0.3) is 0 Å². The topological polar surface area (TPSA) is 0 Å². The number of rotatable bonds is 10. The van der Waals surface area contributed by atoms with Crippen LogP contribution in [0, 0.1) is 0 Å². The van der Waals surface area contributed by atoms with E-state index >= 15 is 0 Å². The highest BCUT2D eigenvalue weighted by atomic mass is 127. The molecule has 0 radical (unpaired) electrons. The zero-order valence-corrected chi connectivity index (χ0v) is 15.1. The van der Waals surface area contributed by atoms with Gasteiger partial charge in [0.2, 0.25) is 0 Å². The predicted molar refractivity (Wildman–Crippen MR) is 86.6 cm³/mol. The first-order valence-corrected chi connectivity index (χ1v) is 14.3. The van der Waals surface area contributed by atoms with E-state index in [1.54, 1.807) is 0 Å². The lowest BCUT2D eigenvalue weighted by Crippen LogP contribution is -2.15. The Morgan fingerprint density at radius 3 is 1.87 bits per heavy atom. The summed E-state index contributed by atoms with van der Waals surface area (Å²) < 4.78 is -1.01. The summed E-state index contributed by atoms with van der Waals surface area (Å²) in [5.74, 6) is 0. The molecule has 3 heteroatoms. The van der Waals surface area contributed by atoms with E-state index in [1.807, 2.05) is 0 Å². The van der Waals surface area contributed by atoms with Crippen LogP contribution >= 0.6 is 37.1 Å². The summed E-state index contributed by atoms with van der Waals surface area (Å²) in [6.45, 7) is 4.57. The molecule has 0 aromatic carbocycles. The van der Waals surface area contributed by atoms with Crippen LogP contribution in [0.4, 0.5) is 0 Å². The van der Waals surface area contributed by atoms with Crippen molar-refractivity contribution in [3.05, 3.63) is 0 Å². The van der Waals surface area contributed by atoms with Crippen LogP contribution in [0.3, 0.4) is 0 Å². The second kappa shape index (κ2) is 10.6. The van der Waals surface area contributed by atoms with Gasteiger partial charge in [0.25, 0.3) is 0 Å². The van der Waals surface area contributed by atoms with Gasteiger partial charge in [-0.05, 0) is 12.1 Å². The molecular weight excluding hydrogens is 379 g/mol. The lowest BCUT2D eigenvalue weighted by atomic mass is 10.1. The second-order valence-corrected chi connectivity index (χ2v) is 22.4. The molecule has 0 aromatic rings. The maximum absolute atomic E-state index is 3.99. The van der Waals surface area contributed by atoms with E-state index in [9.17, 15) is 0 Å². The third-order valence-corrected chi connectivity index (χ3v) is 10.6. The van der Waals surface area contributed by atoms with Gasteiger partial charge in [-0.1, -0.05) is 65.2 Å². The monoisotopic (exact) mass is 404 g/mol. The van der Waals surface area contributed by atoms with E-state index in [2.05, 4.69) is 50.9 Å². The summed E-state index contributed by atoms with van der Waals surface area (Å²) in [6, 6.07) is 2.93. The van der Waals surface area contributed by atoms with Crippen LogP contribution < -0.4 is 0 Å². The van der Waals surface area contributed by atoms with Crippen LogP contribution in [-0.4, -0.2) is 4.19 Å². The van der Waals surface area contributed by atoms with Gasteiger partial charge in [0.1, 0.15) is 0 Å². The van der Waals surface area contributed by atoms with Gasteiger partial charge in [0, 0.05) is 0 Å². The van der Waals surface area contributed by atoms with Gasteiger partial charge < -0.3 is 0 Å². The summed E-state index contributed by atoms with van der Waals surface area (Å²) >= 11 is 6.71. The molecule has 1 unspecified atom stereocenters. The Labute approximate surface area is 118 Å². The maximum Gasteiger partial charge on any atom is 0.196 e. The molecule has 0 aromatic heterocycles. The van der Waals surface area contributed by atoms with Crippen LogP contribution in [0.2, 0.25) is 12.1 Å². The van der Waals surface area contributed by atoms with Gasteiger partial charge in [-0.3, -0.25) is 0 Å². The summed E-state index contributed by atoms with van der Waals surface area (Å²) in [6.07, 6.45) is 11.4. The highest BCUT2D eigenvalue weighted by Crippen LogP contribution is 2.34. The van der Waals surface area contributed by atoms with Crippen LogP contribution in [0.5, 0.6) is 0 Å². The minimum Gasteiger partial charge on any atom is -0.112 e. The van der Waals surface area contributed by atoms with Crippen molar-refractivity contribution in [2.75, 3.05) is 0 Å². The largest absolute Gasteiger partial charge is 0.196 e. The Morgan fingerprint density at radius 1 is 0.800 bits per heavy atom. The Hall–Kier alpha value is 1.43. The van der Waals surface area contributed by atoms with E-state index in [4.69, 9.17) is 0 Å². The van der Waals surface area contributed by atoms with E-state index < -0.39 is 4.19 Å². The number of halogens is 2. The summed E-state index contributed by atoms with van der Waals surface area (Å²) in [7, 11) is 0. The van der Waals surface area contributed by atoms with E-state index in [1.165, 1.54) is 63.5 Å². The molecule has 0 bridgehead atoms. The first-order valence-electron chi connectivity index (χ1n) is 6.50. The lowest BCUT2D eigenvalue weighted by Gasteiger charge is -2.17. The molecule has 0 amide bonds. The van der Waals surface area contributed by atoms with Crippen molar-refractivity contribution >= 4 is 41.3 Å². The van der Waals surface area contributed by atoms with E-state index in [0.29, 0.717) is 0 Å². The Morgan fingerprint density at radius 2 is 1.27 bits per heavy atom. The average molecular weight is 405 g/mol. The zero-order valence-electron chi connectivity index (χ0n) is 10.3. The summed E-state index contributed by atoms with van der Waals surface area (Å²) in [5.41, 5.74) is 0. The van der Waals surface area contributed by atoms with Gasteiger partial charge in [0.05, 0.1) is 0 Å². The third kappa shape index (κ3) is 11.7. The van der Waals surface area contributed by atoms with Gasteiger partial charge in [-0.2, -0.15) is 0 Å². The van der Waals surface area contributed by atoms with Crippen LogP contribution in [-0.2, 0) is 0 Å². The fraction of sp³-hybridized carbons (Fsp3) is 1.00.